The van der Waals surface area contributed by atoms with Crippen molar-refractivity contribution in [3.8, 4) is 0 Å². The standard InChI is InChI=1S/C13H12ClN7OS/c1-20-4-3-10(19-20)16-13(23)18-17-12(22)9-7-21-5-2-8(14)6-11(21)15-9/h2-7H,1H3,(H,17,22)(H2,16,18,19,23). The Morgan fingerprint density at radius 3 is 2.87 bits per heavy atom. The number of halogens is 1. The number of carbonyl (C=O) groups is 1. The number of imidazole rings is 1. The Kier molecular flexibility index (Phi) is 4.13. The van der Waals surface area contributed by atoms with Gasteiger partial charge in [0.2, 0.25) is 0 Å². The molecule has 3 aromatic rings. The molecule has 23 heavy (non-hydrogen) atoms. The van der Waals surface area contributed by atoms with E-state index in [-0.39, 0.29) is 10.8 Å². The highest BCUT2D eigenvalue weighted by Gasteiger charge is 2.11. The predicted molar refractivity (Wildman–Crippen MR) is 90.2 cm³/mol. The molecule has 118 valence electrons. The van der Waals surface area contributed by atoms with E-state index in [0.29, 0.717) is 16.5 Å². The van der Waals surface area contributed by atoms with Gasteiger partial charge in [0.1, 0.15) is 11.3 Å². The molecule has 0 radical (unpaired) electrons. The second kappa shape index (κ2) is 6.23. The summed E-state index contributed by atoms with van der Waals surface area (Å²) in [5.74, 6) is 0.150. The number of hydrazine groups is 1. The van der Waals surface area contributed by atoms with Crippen LogP contribution in [0.15, 0.2) is 36.8 Å². The van der Waals surface area contributed by atoms with Gasteiger partial charge in [0, 0.05) is 42.8 Å². The normalized spacial score (nSPS) is 10.5. The maximum Gasteiger partial charge on any atom is 0.289 e. The van der Waals surface area contributed by atoms with Crippen molar-refractivity contribution in [1.82, 2.24) is 30.0 Å². The van der Waals surface area contributed by atoms with Crippen molar-refractivity contribution < 1.29 is 4.79 Å². The van der Waals surface area contributed by atoms with Crippen LogP contribution in [0.3, 0.4) is 0 Å². The van der Waals surface area contributed by atoms with E-state index < -0.39 is 5.91 Å². The van der Waals surface area contributed by atoms with E-state index in [1.54, 1.807) is 52.9 Å². The minimum Gasteiger partial charge on any atom is -0.315 e. The van der Waals surface area contributed by atoms with Crippen molar-refractivity contribution in [3.05, 3.63) is 47.5 Å². The lowest BCUT2D eigenvalue weighted by atomic mass is 10.5. The monoisotopic (exact) mass is 349 g/mol. The van der Waals surface area contributed by atoms with Gasteiger partial charge < -0.3 is 9.72 Å². The Labute approximate surface area is 141 Å². The molecule has 3 heterocycles. The molecule has 0 aliphatic heterocycles. The summed E-state index contributed by atoms with van der Waals surface area (Å²) < 4.78 is 3.33. The number of pyridine rings is 1. The molecule has 0 atom stereocenters. The van der Waals surface area contributed by atoms with Gasteiger partial charge in [-0.1, -0.05) is 11.6 Å². The van der Waals surface area contributed by atoms with Crippen molar-refractivity contribution in [2.45, 2.75) is 0 Å². The molecule has 10 heteroatoms. The fourth-order valence-electron chi connectivity index (χ4n) is 1.87. The Balaban J connectivity index is 1.60. The lowest BCUT2D eigenvalue weighted by Crippen LogP contribution is -2.43. The Morgan fingerprint density at radius 2 is 2.13 bits per heavy atom. The van der Waals surface area contributed by atoms with Crippen LogP contribution >= 0.6 is 23.8 Å². The first-order valence-electron chi connectivity index (χ1n) is 6.52. The van der Waals surface area contributed by atoms with E-state index in [9.17, 15) is 4.79 Å². The van der Waals surface area contributed by atoms with Crippen LogP contribution in [-0.2, 0) is 7.05 Å². The van der Waals surface area contributed by atoms with E-state index in [1.165, 1.54) is 0 Å². The number of hydrogen-bond donors (Lipinski definition) is 3. The van der Waals surface area contributed by atoms with Crippen LogP contribution in [0.4, 0.5) is 5.82 Å². The minimum absolute atomic E-state index is 0.212. The molecule has 0 spiro atoms. The minimum atomic E-state index is -0.421. The summed E-state index contributed by atoms with van der Waals surface area (Å²) in [5.41, 5.74) is 5.87. The molecule has 0 fully saturated rings. The van der Waals surface area contributed by atoms with Crippen molar-refractivity contribution in [2.24, 2.45) is 7.05 Å². The number of aryl methyl sites for hydroxylation is 1. The molecule has 3 aromatic heterocycles. The molecule has 0 aromatic carbocycles. The first-order chi connectivity index (χ1) is 11.0. The van der Waals surface area contributed by atoms with E-state index in [2.05, 4.69) is 26.3 Å². The molecular weight excluding hydrogens is 338 g/mol. The third kappa shape index (κ3) is 3.58. The fraction of sp³-hybridized carbons (Fsp3) is 0.0769. The third-order valence-electron chi connectivity index (χ3n) is 2.90. The quantitative estimate of drug-likeness (QED) is 0.478. The summed E-state index contributed by atoms with van der Waals surface area (Å²) in [5, 5.41) is 7.71. The van der Waals surface area contributed by atoms with Crippen molar-refractivity contribution >= 4 is 46.3 Å². The van der Waals surface area contributed by atoms with Gasteiger partial charge in [-0.05, 0) is 18.3 Å². The molecule has 3 N–H and O–H groups in total. The van der Waals surface area contributed by atoms with Gasteiger partial charge in [-0.2, -0.15) is 5.10 Å². The maximum absolute atomic E-state index is 12.1. The largest absolute Gasteiger partial charge is 0.315 e. The van der Waals surface area contributed by atoms with Crippen LogP contribution in [0.1, 0.15) is 10.5 Å². The summed E-state index contributed by atoms with van der Waals surface area (Å²) in [6.07, 6.45) is 5.09. The number of carbonyl (C=O) groups excluding carboxylic acids is 1. The number of fused-ring (bicyclic) bond motifs is 1. The van der Waals surface area contributed by atoms with Crippen LogP contribution in [0.25, 0.3) is 5.65 Å². The molecule has 0 saturated heterocycles. The molecule has 3 rings (SSSR count). The van der Waals surface area contributed by atoms with Crippen LogP contribution in [-0.4, -0.2) is 30.2 Å². The Morgan fingerprint density at radius 1 is 1.30 bits per heavy atom. The van der Waals surface area contributed by atoms with Crippen LogP contribution < -0.4 is 16.2 Å². The average molecular weight is 350 g/mol. The van der Waals surface area contributed by atoms with Crippen LogP contribution in [0.2, 0.25) is 5.02 Å². The maximum atomic E-state index is 12.1. The second-order valence-electron chi connectivity index (χ2n) is 4.64. The zero-order valence-electron chi connectivity index (χ0n) is 11.9. The SMILES string of the molecule is Cn1ccc(NC(=S)NNC(=O)c2cn3ccc(Cl)cc3n2)n1. The van der Waals surface area contributed by atoms with Crippen LogP contribution in [0.5, 0.6) is 0 Å². The highest BCUT2D eigenvalue weighted by molar-refractivity contribution is 7.80. The summed E-state index contributed by atoms with van der Waals surface area (Å²) >= 11 is 11.0. The predicted octanol–water partition coefficient (Wildman–Crippen LogP) is 1.35. The highest BCUT2D eigenvalue weighted by atomic mass is 35.5. The van der Waals surface area contributed by atoms with Crippen molar-refractivity contribution in [1.29, 1.82) is 0 Å². The van der Waals surface area contributed by atoms with E-state index >= 15 is 0 Å². The summed E-state index contributed by atoms with van der Waals surface area (Å²) in [6.45, 7) is 0. The van der Waals surface area contributed by atoms with Gasteiger partial charge in [-0.15, -0.1) is 0 Å². The van der Waals surface area contributed by atoms with E-state index in [4.69, 9.17) is 23.8 Å². The summed E-state index contributed by atoms with van der Waals surface area (Å²) in [7, 11) is 1.79. The Bertz CT molecular complexity index is 887. The van der Waals surface area contributed by atoms with Gasteiger partial charge >= 0.3 is 0 Å². The van der Waals surface area contributed by atoms with Gasteiger partial charge in [-0.3, -0.25) is 20.3 Å². The molecule has 8 nitrogen and oxygen atoms in total. The van der Waals surface area contributed by atoms with Crippen molar-refractivity contribution in [2.75, 3.05) is 5.32 Å². The molecule has 0 aliphatic rings. The topological polar surface area (TPSA) is 88.3 Å². The smallest absolute Gasteiger partial charge is 0.289 e. The zero-order valence-corrected chi connectivity index (χ0v) is 13.5. The molecule has 0 saturated carbocycles. The molecular formula is C13H12ClN7OS. The molecule has 1 amide bonds. The molecule has 0 unspecified atom stereocenters. The van der Waals surface area contributed by atoms with Gasteiger partial charge in [0.25, 0.3) is 5.91 Å². The first kappa shape index (κ1) is 15.3. The number of hydrogen-bond acceptors (Lipinski definition) is 4. The number of nitrogens with one attached hydrogen (secondary N) is 3. The Hall–Kier alpha value is -2.65. The number of aromatic nitrogens is 4. The second-order valence-corrected chi connectivity index (χ2v) is 5.49. The van der Waals surface area contributed by atoms with Gasteiger partial charge in [0.15, 0.2) is 10.9 Å². The summed E-state index contributed by atoms with van der Waals surface area (Å²) in [6, 6.07) is 5.13. The highest BCUT2D eigenvalue weighted by Crippen LogP contribution is 2.12. The third-order valence-corrected chi connectivity index (χ3v) is 3.34. The first-order valence-corrected chi connectivity index (χ1v) is 7.31. The fourth-order valence-corrected chi connectivity index (χ4v) is 2.18. The van der Waals surface area contributed by atoms with E-state index in [1.807, 2.05) is 0 Å². The molecule has 0 aliphatic carbocycles. The number of anilines is 1. The van der Waals surface area contributed by atoms with Crippen molar-refractivity contribution in [3.63, 3.8) is 0 Å². The lowest BCUT2D eigenvalue weighted by Gasteiger charge is -2.08. The average Bonchev–Trinajstić information content (AvgIpc) is 3.10. The zero-order chi connectivity index (χ0) is 16.4. The number of thiocarbonyl (C=S) groups is 1. The number of amides is 1. The number of nitrogens with zero attached hydrogens (tertiary/aromatic N) is 4. The summed E-state index contributed by atoms with van der Waals surface area (Å²) in [4.78, 5) is 16.3. The van der Waals surface area contributed by atoms with E-state index in [0.717, 1.165) is 0 Å². The molecule has 0 bridgehead atoms. The van der Waals surface area contributed by atoms with Crippen LogP contribution in [0, 0.1) is 0 Å². The number of rotatable bonds is 2. The van der Waals surface area contributed by atoms with Gasteiger partial charge in [0.05, 0.1) is 0 Å². The van der Waals surface area contributed by atoms with Gasteiger partial charge in [-0.25, -0.2) is 4.98 Å². The lowest BCUT2D eigenvalue weighted by molar-refractivity contribution is 0.0940.